The summed E-state index contributed by atoms with van der Waals surface area (Å²) in [6, 6.07) is 6.09. The smallest absolute Gasteiger partial charge is 0.166 e. The Morgan fingerprint density at radius 3 is 2.94 bits per heavy atom. The average Bonchev–Trinajstić information content (AvgIpc) is 2.73. The Hall–Kier alpha value is -3.17. The number of hydrogen-bond acceptors (Lipinski definition) is 8. The summed E-state index contributed by atoms with van der Waals surface area (Å²) in [5, 5.41) is 10.2. The molecule has 0 saturated carbocycles. The van der Waals surface area contributed by atoms with Crippen molar-refractivity contribution in [3.63, 3.8) is 0 Å². The molecule has 2 atom stereocenters. The second-order valence-corrected chi connectivity index (χ2v) is 7.45. The number of nitrogens with zero attached hydrogens (tertiary/aromatic N) is 2. The molecule has 0 fully saturated rings. The van der Waals surface area contributed by atoms with E-state index in [2.05, 4.69) is 20.7 Å². The van der Waals surface area contributed by atoms with Gasteiger partial charge in [0.05, 0.1) is 12.2 Å². The Morgan fingerprint density at radius 1 is 1.48 bits per heavy atom. The second kappa shape index (κ2) is 9.76. The molecule has 2 heterocycles. The first-order chi connectivity index (χ1) is 14.8. The van der Waals surface area contributed by atoms with Crippen LogP contribution in [-0.4, -0.2) is 23.6 Å². The van der Waals surface area contributed by atoms with Crippen molar-refractivity contribution in [3.05, 3.63) is 64.7 Å². The fraction of sp³-hybridized carbons (Fsp3) is 0.286. The molecule has 1 aliphatic heterocycles. The minimum Gasteiger partial charge on any atom is -0.482 e. The van der Waals surface area contributed by atoms with Crippen molar-refractivity contribution in [2.45, 2.75) is 25.5 Å². The highest BCUT2D eigenvalue weighted by atomic mass is 35.5. The fourth-order valence-electron chi connectivity index (χ4n) is 3.37. The topological polar surface area (TPSA) is 134 Å². The van der Waals surface area contributed by atoms with E-state index in [9.17, 15) is 4.39 Å². The third kappa shape index (κ3) is 5.12. The molecule has 0 amide bonds. The van der Waals surface area contributed by atoms with Crippen LogP contribution < -0.4 is 26.8 Å². The summed E-state index contributed by atoms with van der Waals surface area (Å²) >= 11 is 6.04. The summed E-state index contributed by atoms with van der Waals surface area (Å²) < 4.78 is 20.2. The molecule has 0 saturated heterocycles. The zero-order valence-corrected chi connectivity index (χ0v) is 18.0. The van der Waals surface area contributed by atoms with Crippen LogP contribution >= 0.6 is 11.6 Å². The van der Waals surface area contributed by atoms with E-state index < -0.39 is 17.4 Å². The number of anilines is 1. The molecule has 3 rings (SSSR count). The van der Waals surface area contributed by atoms with E-state index >= 15 is 0 Å². The van der Waals surface area contributed by atoms with Gasteiger partial charge in [0.25, 0.3) is 0 Å². The van der Waals surface area contributed by atoms with E-state index in [1.165, 1.54) is 12.1 Å². The maximum Gasteiger partial charge on any atom is 0.166 e. The van der Waals surface area contributed by atoms with E-state index in [1.54, 1.807) is 31.3 Å². The van der Waals surface area contributed by atoms with Crippen LogP contribution in [0.2, 0.25) is 0 Å². The summed E-state index contributed by atoms with van der Waals surface area (Å²) in [4.78, 5) is 4.23. The van der Waals surface area contributed by atoms with Gasteiger partial charge < -0.3 is 26.8 Å². The SMILES string of the molecule is CCN/C1=C(\N=N)CN/C(=C\C(N)Cl)c2ccc(F)cc2C(C)Oc2cc1cnc2N. The van der Waals surface area contributed by atoms with Gasteiger partial charge in [-0.15, -0.1) is 11.6 Å². The van der Waals surface area contributed by atoms with E-state index in [1.807, 2.05) is 6.92 Å². The number of nitrogen functional groups attached to an aromatic ring is 1. The number of ether oxygens (including phenoxy) is 1. The molecule has 1 aromatic carbocycles. The van der Waals surface area contributed by atoms with Crippen molar-refractivity contribution in [2.75, 3.05) is 18.8 Å². The average molecular weight is 446 g/mol. The van der Waals surface area contributed by atoms with Gasteiger partial charge in [0.1, 0.15) is 23.1 Å². The number of rotatable bonds is 4. The molecule has 10 heteroatoms. The van der Waals surface area contributed by atoms with Gasteiger partial charge in [-0.1, -0.05) is 0 Å². The molecule has 164 valence electrons. The molecule has 31 heavy (non-hydrogen) atoms. The molecule has 1 aromatic heterocycles. The van der Waals surface area contributed by atoms with Crippen LogP contribution in [0.25, 0.3) is 11.4 Å². The van der Waals surface area contributed by atoms with E-state index in [-0.39, 0.29) is 12.4 Å². The molecular formula is C21H25ClFN7O. The van der Waals surface area contributed by atoms with Crippen molar-refractivity contribution < 1.29 is 9.13 Å². The van der Waals surface area contributed by atoms with Crippen LogP contribution in [-0.2, 0) is 0 Å². The zero-order chi connectivity index (χ0) is 22.5. The summed E-state index contributed by atoms with van der Waals surface area (Å²) in [6.45, 7) is 4.51. The van der Waals surface area contributed by atoms with Crippen molar-refractivity contribution in [1.29, 1.82) is 5.53 Å². The fourth-order valence-corrected chi connectivity index (χ4v) is 3.49. The molecule has 7 N–H and O–H groups in total. The predicted octanol–water partition coefficient (Wildman–Crippen LogP) is 3.72. The lowest BCUT2D eigenvalue weighted by molar-refractivity contribution is 0.226. The molecule has 0 radical (unpaired) electrons. The molecule has 2 bridgehead atoms. The first-order valence-electron chi connectivity index (χ1n) is 9.76. The molecule has 1 aliphatic rings. The molecule has 2 aromatic rings. The number of hydrogen-bond donors (Lipinski definition) is 5. The van der Waals surface area contributed by atoms with Crippen LogP contribution in [0.5, 0.6) is 5.75 Å². The Bertz CT molecular complexity index is 1040. The van der Waals surface area contributed by atoms with E-state index in [4.69, 9.17) is 33.3 Å². The molecule has 0 spiro atoms. The van der Waals surface area contributed by atoms with Crippen LogP contribution in [0.1, 0.15) is 36.6 Å². The number of benzene rings is 1. The Kier molecular flexibility index (Phi) is 7.09. The van der Waals surface area contributed by atoms with Gasteiger partial charge in [0, 0.05) is 35.1 Å². The van der Waals surface area contributed by atoms with Gasteiger partial charge in [-0.2, -0.15) is 5.11 Å². The number of pyridine rings is 1. The zero-order valence-electron chi connectivity index (χ0n) is 17.2. The van der Waals surface area contributed by atoms with Crippen molar-refractivity contribution in [1.82, 2.24) is 15.6 Å². The number of nitrogens with two attached hydrogens (primary N) is 2. The number of halogens is 2. The monoisotopic (exact) mass is 445 g/mol. The third-order valence-corrected chi connectivity index (χ3v) is 4.89. The number of aromatic nitrogens is 1. The maximum atomic E-state index is 14.1. The first-order valence-corrected chi connectivity index (χ1v) is 10.2. The van der Waals surface area contributed by atoms with Crippen molar-refractivity contribution >= 4 is 28.8 Å². The molecule has 2 unspecified atom stereocenters. The van der Waals surface area contributed by atoms with Gasteiger partial charge in [-0.3, -0.25) is 0 Å². The van der Waals surface area contributed by atoms with Gasteiger partial charge in [-0.05, 0) is 44.2 Å². The molecule has 0 aliphatic carbocycles. The van der Waals surface area contributed by atoms with E-state index in [0.717, 1.165) is 0 Å². The largest absolute Gasteiger partial charge is 0.482 e. The third-order valence-electron chi connectivity index (χ3n) is 4.77. The number of fused-ring (bicyclic) bond motifs is 3. The number of nitrogens with one attached hydrogen (secondary N) is 3. The molecule has 8 nitrogen and oxygen atoms in total. The van der Waals surface area contributed by atoms with Crippen molar-refractivity contribution in [2.24, 2.45) is 10.8 Å². The normalized spacial score (nSPS) is 21.1. The Balaban J connectivity index is 2.26. The Labute approximate surface area is 185 Å². The first kappa shape index (κ1) is 22.5. The highest BCUT2D eigenvalue weighted by molar-refractivity contribution is 6.21. The van der Waals surface area contributed by atoms with Crippen LogP contribution in [0, 0.1) is 11.3 Å². The summed E-state index contributed by atoms with van der Waals surface area (Å²) in [5.41, 5.74) is 22.3. The van der Waals surface area contributed by atoms with Crippen LogP contribution in [0.3, 0.4) is 0 Å². The highest BCUT2D eigenvalue weighted by Gasteiger charge is 2.21. The summed E-state index contributed by atoms with van der Waals surface area (Å²) in [6.07, 6.45) is 2.63. The lowest BCUT2D eigenvalue weighted by Crippen LogP contribution is -2.24. The standard InChI is InChI=1S/C21H25ClFN7O/c1-3-27-20-12-6-18(21(25)29-9-12)31-11(2)15-7-13(23)4-5-14(15)16(8-19(22)24)28-10-17(20)30-26/h4-9,11,19,26-28H,3,10,24H2,1-2H3,(H2,25,29)/b16-8-,20-17-,30-26?. The highest BCUT2D eigenvalue weighted by Crippen LogP contribution is 2.33. The van der Waals surface area contributed by atoms with Gasteiger partial charge in [0.2, 0.25) is 0 Å². The quantitative estimate of drug-likeness (QED) is 0.276. The van der Waals surface area contributed by atoms with Gasteiger partial charge >= 0.3 is 0 Å². The number of alkyl halides is 1. The minimum atomic E-state index is -0.786. The lowest BCUT2D eigenvalue weighted by atomic mass is 9.99. The van der Waals surface area contributed by atoms with Crippen LogP contribution in [0.15, 0.2) is 47.3 Å². The summed E-state index contributed by atoms with van der Waals surface area (Å²) in [5.74, 6) is 0.127. The molecular weight excluding hydrogens is 421 g/mol. The van der Waals surface area contributed by atoms with Crippen molar-refractivity contribution in [3.8, 4) is 5.75 Å². The second-order valence-electron chi connectivity index (χ2n) is 6.94. The lowest BCUT2D eigenvalue weighted by Gasteiger charge is -2.24. The van der Waals surface area contributed by atoms with Gasteiger partial charge in [0.15, 0.2) is 11.6 Å². The summed E-state index contributed by atoms with van der Waals surface area (Å²) in [7, 11) is 0. The minimum absolute atomic E-state index is 0.188. The maximum absolute atomic E-state index is 14.1. The Morgan fingerprint density at radius 2 is 2.26 bits per heavy atom. The van der Waals surface area contributed by atoms with E-state index in [0.29, 0.717) is 46.1 Å². The predicted molar refractivity (Wildman–Crippen MR) is 120 cm³/mol. The van der Waals surface area contributed by atoms with Gasteiger partial charge in [-0.25, -0.2) is 14.9 Å². The van der Waals surface area contributed by atoms with Crippen LogP contribution in [0.4, 0.5) is 10.2 Å².